The van der Waals surface area contributed by atoms with Gasteiger partial charge in [0.05, 0.1) is 12.1 Å². The Hall–Kier alpha value is -4.07. The summed E-state index contributed by atoms with van der Waals surface area (Å²) >= 11 is 0. The SMILES string of the molecule is N#CCCC(=O)CC1CCCCc2noc(=O)n21.N#CCCC(CC1CCCCc2noc(=O)n21)[N+](=O)[O-]. The molecule has 2 aromatic heterocycles. The Morgan fingerprint density at radius 1 is 0.974 bits per heavy atom. The van der Waals surface area contributed by atoms with Gasteiger partial charge in [0.1, 0.15) is 5.78 Å². The van der Waals surface area contributed by atoms with Crippen LogP contribution in [-0.2, 0) is 17.6 Å². The molecule has 0 saturated carbocycles. The molecule has 0 aliphatic carbocycles. The largest absolute Gasteiger partial charge is 0.441 e. The van der Waals surface area contributed by atoms with E-state index in [1.54, 1.807) is 0 Å². The van der Waals surface area contributed by atoms with E-state index in [-0.39, 0.29) is 61.3 Å². The van der Waals surface area contributed by atoms with Gasteiger partial charge in [0.25, 0.3) is 0 Å². The van der Waals surface area contributed by atoms with Crippen molar-refractivity contribution < 1.29 is 18.8 Å². The number of fused-ring (bicyclic) bond motifs is 2. The molecule has 4 heterocycles. The lowest BCUT2D eigenvalue weighted by molar-refractivity contribution is -0.525. The normalized spacial score (nSPS) is 19.2. The van der Waals surface area contributed by atoms with Crippen molar-refractivity contribution in [2.75, 3.05) is 0 Å². The Kier molecular flexibility index (Phi) is 10.5. The van der Waals surface area contributed by atoms with E-state index >= 15 is 0 Å². The summed E-state index contributed by atoms with van der Waals surface area (Å²) < 4.78 is 12.3. The van der Waals surface area contributed by atoms with E-state index in [1.807, 2.05) is 12.1 Å². The molecule has 0 aromatic carbocycles. The second-order valence-corrected chi connectivity index (χ2v) is 9.54. The zero-order chi connectivity index (χ0) is 27.5. The minimum Gasteiger partial charge on any atom is -0.300 e. The predicted octanol–water partition coefficient (Wildman–Crippen LogP) is 2.81. The van der Waals surface area contributed by atoms with Crippen LogP contribution in [0.1, 0.15) is 101 Å². The van der Waals surface area contributed by atoms with Crippen LogP contribution in [0, 0.1) is 32.8 Å². The van der Waals surface area contributed by atoms with Crippen LogP contribution >= 0.6 is 0 Å². The van der Waals surface area contributed by atoms with E-state index in [9.17, 15) is 24.5 Å². The molecule has 0 radical (unpaired) electrons. The first-order chi connectivity index (χ1) is 18.3. The lowest BCUT2D eigenvalue weighted by Crippen LogP contribution is -2.29. The molecule has 0 fully saturated rings. The van der Waals surface area contributed by atoms with Gasteiger partial charge in [0.15, 0.2) is 11.6 Å². The number of nitriles is 2. The zero-order valence-corrected chi connectivity index (χ0v) is 21.1. The number of carbonyl (C=O) groups is 1. The number of hydrogen-bond donors (Lipinski definition) is 0. The van der Waals surface area contributed by atoms with Crippen LogP contribution in [0.25, 0.3) is 0 Å². The molecule has 2 aromatic rings. The molecule has 3 atom stereocenters. The smallest absolute Gasteiger partial charge is 0.300 e. The van der Waals surface area contributed by atoms with E-state index in [2.05, 4.69) is 19.4 Å². The van der Waals surface area contributed by atoms with Gasteiger partial charge in [0.2, 0.25) is 6.04 Å². The standard InChI is InChI=1S/C12H16N4O4.C12H15N3O3/c13-7-3-5-10(16(18)19)8-9-4-1-2-6-11-14-20-12(17)15(9)11;13-7-3-5-10(16)8-9-4-1-2-6-11-14-18-12(17)15(9)11/h9-10H,1-6,8H2;9H,1-6,8H2. The summed E-state index contributed by atoms with van der Waals surface area (Å²) in [6.45, 7) is 0. The first kappa shape index (κ1) is 28.5. The monoisotopic (exact) mass is 529 g/mol. The summed E-state index contributed by atoms with van der Waals surface area (Å²) in [4.78, 5) is 45.7. The molecule has 14 heteroatoms. The molecular formula is C24H31N7O7. The van der Waals surface area contributed by atoms with Crippen molar-refractivity contribution in [3.05, 3.63) is 42.9 Å². The van der Waals surface area contributed by atoms with E-state index in [1.165, 1.54) is 9.13 Å². The number of aromatic nitrogens is 4. The maximum Gasteiger partial charge on any atom is 0.441 e. The first-order valence-corrected chi connectivity index (χ1v) is 12.9. The van der Waals surface area contributed by atoms with Crippen molar-refractivity contribution in [1.29, 1.82) is 10.5 Å². The second kappa shape index (κ2) is 14.0. The molecular weight excluding hydrogens is 498 g/mol. The maximum atomic E-state index is 11.7. The molecule has 2 aliphatic rings. The summed E-state index contributed by atoms with van der Waals surface area (Å²) in [6.07, 6.45) is 7.93. The summed E-state index contributed by atoms with van der Waals surface area (Å²) in [5, 5.41) is 35.6. The van der Waals surface area contributed by atoms with Gasteiger partial charge in [-0.25, -0.2) is 9.59 Å². The number of carbonyl (C=O) groups excluding carboxylic acids is 1. The lowest BCUT2D eigenvalue weighted by Gasteiger charge is -2.17. The van der Waals surface area contributed by atoms with Gasteiger partial charge < -0.3 is 0 Å². The Bertz CT molecular complexity index is 1290. The highest BCUT2D eigenvalue weighted by atomic mass is 16.6. The topological polar surface area (TPSA) is 204 Å². The van der Waals surface area contributed by atoms with Gasteiger partial charge in [-0.05, 0) is 25.7 Å². The molecule has 3 unspecified atom stereocenters. The van der Waals surface area contributed by atoms with E-state index < -0.39 is 17.6 Å². The van der Waals surface area contributed by atoms with Gasteiger partial charge in [-0.1, -0.05) is 23.2 Å². The van der Waals surface area contributed by atoms with Crippen LogP contribution in [0.3, 0.4) is 0 Å². The molecule has 38 heavy (non-hydrogen) atoms. The fourth-order valence-electron chi connectivity index (χ4n) is 5.04. The van der Waals surface area contributed by atoms with E-state index in [4.69, 9.17) is 10.5 Å². The molecule has 0 amide bonds. The van der Waals surface area contributed by atoms with Crippen molar-refractivity contribution in [2.24, 2.45) is 0 Å². The number of aryl methyl sites for hydroxylation is 2. The van der Waals surface area contributed by atoms with Gasteiger partial charge >= 0.3 is 11.5 Å². The van der Waals surface area contributed by atoms with Crippen LogP contribution in [0.4, 0.5) is 0 Å². The number of ketones is 1. The average Bonchev–Trinajstić information content (AvgIpc) is 3.28. The van der Waals surface area contributed by atoms with Gasteiger partial charge in [-0.2, -0.15) is 10.5 Å². The Labute approximate surface area is 217 Å². The van der Waals surface area contributed by atoms with Crippen LogP contribution in [0.15, 0.2) is 18.6 Å². The maximum absolute atomic E-state index is 11.7. The van der Waals surface area contributed by atoms with Crippen molar-refractivity contribution in [3.8, 4) is 12.1 Å². The highest BCUT2D eigenvalue weighted by molar-refractivity contribution is 5.79. The second-order valence-electron chi connectivity index (χ2n) is 9.54. The summed E-state index contributed by atoms with van der Waals surface area (Å²) in [5.41, 5.74) is 0. The van der Waals surface area contributed by atoms with Gasteiger partial charge in [-0.3, -0.25) is 33.1 Å². The number of Topliss-reactive ketones (excluding diaryl/α,β-unsaturated/α-hetero) is 1. The van der Waals surface area contributed by atoms with Crippen molar-refractivity contribution in [1.82, 2.24) is 19.4 Å². The van der Waals surface area contributed by atoms with Crippen LogP contribution < -0.4 is 11.5 Å². The fraction of sp³-hybridized carbons (Fsp3) is 0.708. The Morgan fingerprint density at radius 3 is 2.08 bits per heavy atom. The van der Waals surface area contributed by atoms with E-state index in [0.717, 1.165) is 32.1 Å². The number of hydrogen-bond acceptors (Lipinski definition) is 11. The molecule has 204 valence electrons. The highest BCUT2D eigenvalue weighted by Crippen LogP contribution is 2.27. The van der Waals surface area contributed by atoms with Crippen LogP contribution in [0.5, 0.6) is 0 Å². The lowest BCUT2D eigenvalue weighted by atomic mass is 9.99. The number of nitro groups is 1. The van der Waals surface area contributed by atoms with Crippen molar-refractivity contribution in [2.45, 2.75) is 108 Å². The third-order valence-electron chi connectivity index (χ3n) is 6.92. The van der Waals surface area contributed by atoms with Crippen molar-refractivity contribution in [3.63, 3.8) is 0 Å². The summed E-state index contributed by atoms with van der Waals surface area (Å²) in [7, 11) is 0. The minimum absolute atomic E-state index is 0.0162. The Morgan fingerprint density at radius 2 is 1.53 bits per heavy atom. The molecule has 2 aliphatic heterocycles. The molecule has 0 N–H and O–H groups in total. The first-order valence-electron chi connectivity index (χ1n) is 12.9. The minimum atomic E-state index is -0.813. The fourth-order valence-corrected chi connectivity index (χ4v) is 5.04. The molecule has 0 spiro atoms. The molecule has 0 saturated heterocycles. The molecule has 4 rings (SSSR count). The molecule has 14 nitrogen and oxygen atoms in total. The summed E-state index contributed by atoms with van der Waals surface area (Å²) in [6, 6.07) is 2.64. The van der Waals surface area contributed by atoms with Crippen LogP contribution in [0.2, 0.25) is 0 Å². The number of rotatable bonds is 9. The molecule has 0 bridgehead atoms. The zero-order valence-electron chi connectivity index (χ0n) is 21.1. The van der Waals surface area contributed by atoms with Crippen molar-refractivity contribution >= 4 is 5.78 Å². The third kappa shape index (κ3) is 7.47. The quantitative estimate of drug-likeness (QED) is 0.341. The highest BCUT2D eigenvalue weighted by Gasteiger charge is 2.30. The Balaban J connectivity index is 0.000000212. The average molecular weight is 530 g/mol. The van der Waals surface area contributed by atoms with Gasteiger partial charge in [-0.15, -0.1) is 0 Å². The summed E-state index contributed by atoms with van der Waals surface area (Å²) in [5.74, 6) is 0.192. The van der Waals surface area contributed by atoms with Crippen LogP contribution in [-0.4, -0.2) is 36.2 Å². The van der Waals surface area contributed by atoms with Gasteiger partial charge in [0, 0.05) is 68.4 Å². The number of nitrogens with zero attached hydrogens (tertiary/aromatic N) is 7. The third-order valence-corrected chi connectivity index (χ3v) is 6.92. The van der Waals surface area contributed by atoms with E-state index in [0.29, 0.717) is 30.9 Å². The predicted molar refractivity (Wildman–Crippen MR) is 129 cm³/mol.